The van der Waals surface area contributed by atoms with Crippen LogP contribution in [0.5, 0.6) is 0 Å². The number of hydrogen-bond acceptors (Lipinski definition) is 2. The molecule has 0 aliphatic heterocycles. The van der Waals surface area contributed by atoms with E-state index in [0.717, 1.165) is 12.1 Å². The molecule has 1 rings (SSSR count). The van der Waals surface area contributed by atoms with Crippen molar-refractivity contribution in [2.24, 2.45) is 0 Å². The fourth-order valence-corrected chi connectivity index (χ4v) is 0.980. The predicted octanol–water partition coefficient (Wildman–Crippen LogP) is 2.05. The summed E-state index contributed by atoms with van der Waals surface area (Å²) in [6.45, 7) is 0. The first-order valence-electron chi connectivity index (χ1n) is 3.18. The zero-order valence-corrected chi connectivity index (χ0v) is 6.97. The van der Waals surface area contributed by atoms with Crippen molar-refractivity contribution in [1.82, 2.24) is 0 Å². The number of carboxylic acids is 1. The zero-order chi connectivity index (χ0) is 10.0. The van der Waals surface area contributed by atoms with Gasteiger partial charge < -0.3 is 5.11 Å². The Kier molecular flexibility index (Phi) is 2.49. The quantitative estimate of drug-likeness (QED) is 0.753. The molecule has 0 spiro atoms. The van der Waals surface area contributed by atoms with Crippen LogP contribution in [-0.4, -0.2) is 11.1 Å². The molecule has 0 fully saturated rings. The van der Waals surface area contributed by atoms with E-state index in [4.69, 9.17) is 22.0 Å². The third-order valence-corrected chi connectivity index (χ3v) is 1.70. The molecule has 0 aromatic heterocycles. The van der Waals surface area contributed by atoms with Crippen LogP contribution in [-0.2, 0) is 0 Å². The minimum absolute atomic E-state index is 0.241. The molecule has 0 unspecified atom stereocenters. The maximum absolute atomic E-state index is 12.7. The van der Waals surface area contributed by atoms with E-state index in [1.165, 1.54) is 0 Å². The molecule has 66 valence electrons. The van der Waals surface area contributed by atoms with Crippen molar-refractivity contribution in [2.45, 2.75) is 0 Å². The van der Waals surface area contributed by atoms with E-state index < -0.39 is 11.8 Å². The number of carbonyl (C=O) groups is 1. The Morgan fingerprint density at radius 1 is 1.62 bits per heavy atom. The molecule has 1 aromatic carbocycles. The fourth-order valence-electron chi connectivity index (χ4n) is 0.816. The van der Waals surface area contributed by atoms with Crippen LogP contribution < -0.4 is 0 Å². The third kappa shape index (κ3) is 1.76. The summed E-state index contributed by atoms with van der Waals surface area (Å²) in [5.41, 5.74) is -0.539. The van der Waals surface area contributed by atoms with E-state index >= 15 is 0 Å². The van der Waals surface area contributed by atoms with Gasteiger partial charge in [0.05, 0.1) is 16.1 Å². The van der Waals surface area contributed by atoms with E-state index in [9.17, 15) is 9.18 Å². The number of benzene rings is 1. The number of nitriles is 1. The molecule has 3 nitrogen and oxygen atoms in total. The molecule has 0 saturated carbocycles. The van der Waals surface area contributed by atoms with Crippen molar-refractivity contribution >= 4 is 17.6 Å². The number of rotatable bonds is 1. The van der Waals surface area contributed by atoms with Crippen LogP contribution >= 0.6 is 11.6 Å². The SMILES string of the molecule is N#Cc1cc(F)c(Cl)cc1C(=O)O. The molecule has 1 N–H and O–H groups in total. The monoisotopic (exact) mass is 199 g/mol. The van der Waals surface area contributed by atoms with Gasteiger partial charge in [-0.25, -0.2) is 9.18 Å². The Morgan fingerprint density at radius 3 is 2.69 bits per heavy atom. The topological polar surface area (TPSA) is 61.1 Å². The van der Waals surface area contributed by atoms with Crippen molar-refractivity contribution in [2.75, 3.05) is 0 Å². The van der Waals surface area contributed by atoms with Crippen molar-refractivity contribution < 1.29 is 14.3 Å². The zero-order valence-electron chi connectivity index (χ0n) is 6.21. The maximum Gasteiger partial charge on any atom is 0.337 e. The van der Waals surface area contributed by atoms with Crippen LogP contribution in [0, 0.1) is 17.1 Å². The first-order chi connectivity index (χ1) is 6.06. The molecule has 0 aliphatic rings. The van der Waals surface area contributed by atoms with Crippen LogP contribution in [0.3, 0.4) is 0 Å². The fraction of sp³-hybridized carbons (Fsp3) is 0. The number of hydrogen-bond donors (Lipinski definition) is 1. The summed E-state index contributed by atoms with van der Waals surface area (Å²) in [6.07, 6.45) is 0. The molecule has 0 heterocycles. The van der Waals surface area contributed by atoms with Gasteiger partial charge in [-0.15, -0.1) is 0 Å². The highest BCUT2D eigenvalue weighted by Gasteiger charge is 2.13. The van der Waals surface area contributed by atoms with Gasteiger partial charge in [0.15, 0.2) is 0 Å². The van der Waals surface area contributed by atoms with Gasteiger partial charge in [0.25, 0.3) is 0 Å². The second-order valence-electron chi connectivity index (χ2n) is 2.23. The highest BCUT2D eigenvalue weighted by atomic mass is 35.5. The smallest absolute Gasteiger partial charge is 0.337 e. The molecular weight excluding hydrogens is 197 g/mol. The third-order valence-electron chi connectivity index (χ3n) is 1.41. The molecule has 0 radical (unpaired) electrons. The molecular formula is C8H3ClFNO2. The average molecular weight is 200 g/mol. The van der Waals surface area contributed by atoms with Crippen molar-refractivity contribution in [3.8, 4) is 6.07 Å². The molecule has 1 aromatic rings. The molecule has 0 aliphatic carbocycles. The molecule has 0 bridgehead atoms. The minimum atomic E-state index is -1.31. The lowest BCUT2D eigenvalue weighted by atomic mass is 10.1. The van der Waals surface area contributed by atoms with Crippen LogP contribution in [0.1, 0.15) is 15.9 Å². The summed E-state index contributed by atoms with van der Waals surface area (Å²) >= 11 is 5.34. The first-order valence-corrected chi connectivity index (χ1v) is 3.56. The van der Waals surface area contributed by atoms with Gasteiger partial charge >= 0.3 is 5.97 Å². The lowest BCUT2D eigenvalue weighted by molar-refractivity contribution is 0.0696. The number of aromatic carboxylic acids is 1. The Balaban J connectivity index is 3.44. The van der Waals surface area contributed by atoms with Crippen LogP contribution in [0.15, 0.2) is 12.1 Å². The Morgan fingerprint density at radius 2 is 2.23 bits per heavy atom. The molecule has 0 saturated heterocycles. The average Bonchev–Trinajstić information content (AvgIpc) is 2.08. The van der Waals surface area contributed by atoms with Crippen molar-refractivity contribution in [3.63, 3.8) is 0 Å². The largest absolute Gasteiger partial charge is 0.478 e. The van der Waals surface area contributed by atoms with Gasteiger partial charge in [-0.05, 0) is 12.1 Å². The van der Waals surface area contributed by atoms with Crippen LogP contribution in [0.25, 0.3) is 0 Å². The normalized spacial score (nSPS) is 9.31. The van der Waals surface area contributed by atoms with Crippen LogP contribution in [0.2, 0.25) is 5.02 Å². The summed E-state index contributed by atoms with van der Waals surface area (Å²) in [6, 6.07) is 3.28. The van der Waals surface area contributed by atoms with Gasteiger partial charge in [-0.1, -0.05) is 11.6 Å². The molecule has 13 heavy (non-hydrogen) atoms. The number of halogens is 2. The second kappa shape index (κ2) is 3.42. The Bertz CT molecular complexity index is 411. The van der Waals surface area contributed by atoms with Gasteiger partial charge in [-0.3, -0.25) is 0 Å². The standard InChI is InChI=1S/C8H3ClFNO2/c9-6-2-5(8(12)13)4(3-11)1-7(6)10/h1-2H,(H,12,13). The number of nitrogens with zero attached hydrogens (tertiary/aromatic N) is 1. The summed E-state index contributed by atoms with van der Waals surface area (Å²) in [4.78, 5) is 10.5. The van der Waals surface area contributed by atoms with E-state index in [1.807, 2.05) is 0 Å². The summed E-state index contributed by atoms with van der Waals surface area (Å²) in [5, 5.41) is 16.7. The summed E-state index contributed by atoms with van der Waals surface area (Å²) in [5.74, 6) is -2.11. The van der Waals surface area contributed by atoms with Gasteiger partial charge in [0, 0.05) is 0 Å². The highest BCUT2D eigenvalue weighted by Crippen LogP contribution is 2.19. The Hall–Kier alpha value is -1.60. The van der Waals surface area contributed by atoms with Crippen molar-refractivity contribution in [1.29, 1.82) is 5.26 Å². The predicted molar refractivity (Wildman–Crippen MR) is 43.1 cm³/mol. The van der Waals surface area contributed by atoms with Crippen LogP contribution in [0.4, 0.5) is 4.39 Å². The lowest BCUT2D eigenvalue weighted by Gasteiger charge is -1.99. The Labute approximate surface area is 78.0 Å². The molecule has 0 amide bonds. The van der Waals surface area contributed by atoms with Gasteiger partial charge in [-0.2, -0.15) is 5.26 Å². The lowest BCUT2D eigenvalue weighted by Crippen LogP contribution is -2.01. The van der Waals surface area contributed by atoms with E-state index in [1.54, 1.807) is 6.07 Å². The summed E-state index contributed by atoms with van der Waals surface area (Å²) < 4.78 is 12.7. The maximum atomic E-state index is 12.7. The molecule has 5 heteroatoms. The van der Waals surface area contributed by atoms with Crippen molar-refractivity contribution in [3.05, 3.63) is 34.1 Å². The van der Waals surface area contributed by atoms with E-state index in [0.29, 0.717) is 0 Å². The van der Waals surface area contributed by atoms with Gasteiger partial charge in [0.2, 0.25) is 0 Å². The second-order valence-corrected chi connectivity index (χ2v) is 2.64. The minimum Gasteiger partial charge on any atom is -0.478 e. The van der Waals surface area contributed by atoms with Gasteiger partial charge in [0.1, 0.15) is 11.9 Å². The summed E-state index contributed by atoms with van der Waals surface area (Å²) in [7, 11) is 0. The highest BCUT2D eigenvalue weighted by molar-refractivity contribution is 6.31. The van der Waals surface area contributed by atoms with E-state index in [-0.39, 0.29) is 16.1 Å². The first kappa shape index (κ1) is 9.49. The van der Waals surface area contributed by atoms with E-state index in [2.05, 4.69) is 0 Å². The number of carboxylic acid groups (broad SMARTS) is 1. The molecule has 0 atom stereocenters.